The van der Waals surface area contributed by atoms with Crippen LogP contribution >= 0.6 is 0 Å². The Morgan fingerprint density at radius 3 is 2.57 bits per heavy atom. The maximum absolute atomic E-state index is 8.74. The number of aliphatic hydroxyl groups is 1. The summed E-state index contributed by atoms with van der Waals surface area (Å²) >= 11 is 0. The monoisotopic (exact) mass is 102 g/mol. The van der Waals surface area contributed by atoms with Crippen molar-refractivity contribution in [1.29, 1.82) is 0 Å². The minimum atomic E-state index is -0.325. The van der Waals surface area contributed by atoms with Crippen LogP contribution in [-0.4, -0.2) is 31.0 Å². The van der Waals surface area contributed by atoms with Crippen molar-refractivity contribution in [3.8, 4) is 0 Å². The molecule has 0 saturated carbocycles. The van der Waals surface area contributed by atoms with Crippen LogP contribution in [0.1, 0.15) is 0 Å². The molecule has 1 rings (SSSR count). The molecule has 1 fully saturated rings. The van der Waals surface area contributed by atoms with Gasteiger partial charge in [0.15, 0.2) is 0 Å². The highest BCUT2D eigenvalue weighted by atomic mass is 16.3. The number of hydrogen-bond acceptors (Lipinski definition) is 3. The third-order valence-electron chi connectivity index (χ3n) is 1.02. The van der Waals surface area contributed by atoms with E-state index in [2.05, 4.69) is 10.6 Å². The zero-order chi connectivity index (χ0) is 5.11. The second-order valence-corrected chi connectivity index (χ2v) is 1.67. The van der Waals surface area contributed by atoms with Gasteiger partial charge in [-0.25, -0.2) is 0 Å². The van der Waals surface area contributed by atoms with Crippen molar-refractivity contribution >= 4 is 0 Å². The molecule has 1 heterocycles. The summed E-state index contributed by atoms with van der Waals surface area (Å²) in [6.07, 6.45) is -0.325. The minimum absolute atomic E-state index is 0.325. The molecule has 0 aliphatic carbocycles. The Kier molecular flexibility index (Phi) is 1.62. The molecule has 0 amide bonds. The smallest absolute Gasteiger partial charge is 0.117 e. The van der Waals surface area contributed by atoms with Gasteiger partial charge in [-0.15, -0.1) is 0 Å². The summed E-state index contributed by atoms with van der Waals surface area (Å²) in [5, 5.41) is 14.6. The van der Waals surface area contributed by atoms with Crippen molar-refractivity contribution in [3.63, 3.8) is 0 Å². The lowest BCUT2D eigenvalue weighted by molar-refractivity contribution is 0.120. The third kappa shape index (κ3) is 1.43. The van der Waals surface area contributed by atoms with Gasteiger partial charge < -0.3 is 10.4 Å². The van der Waals surface area contributed by atoms with E-state index in [0.29, 0.717) is 6.54 Å². The van der Waals surface area contributed by atoms with Gasteiger partial charge in [-0.05, 0) is 0 Å². The van der Waals surface area contributed by atoms with Gasteiger partial charge in [-0.2, -0.15) is 0 Å². The molecule has 0 bridgehead atoms. The first-order valence-electron chi connectivity index (χ1n) is 2.52. The molecule has 1 atom stereocenters. The van der Waals surface area contributed by atoms with E-state index in [1.165, 1.54) is 0 Å². The third-order valence-corrected chi connectivity index (χ3v) is 1.02. The molecule has 7 heavy (non-hydrogen) atoms. The van der Waals surface area contributed by atoms with Crippen molar-refractivity contribution in [2.24, 2.45) is 0 Å². The normalized spacial score (nSPS) is 33.0. The van der Waals surface area contributed by atoms with Crippen LogP contribution < -0.4 is 10.6 Å². The van der Waals surface area contributed by atoms with Crippen molar-refractivity contribution in [1.82, 2.24) is 10.6 Å². The van der Waals surface area contributed by atoms with Crippen LogP contribution in [0.15, 0.2) is 0 Å². The standard InChI is InChI=1S/C4H10N2O/c7-4-3-5-1-2-6-4/h4-7H,1-3H2/t4-/m1/s1. The Morgan fingerprint density at radius 2 is 2.29 bits per heavy atom. The number of hydrogen-bond donors (Lipinski definition) is 3. The number of β-amino-alcohol motifs (C(OH)–C–C–N with tert-alkyl or cyclic N) is 1. The summed E-state index contributed by atoms with van der Waals surface area (Å²) in [5.41, 5.74) is 0. The van der Waals surface area contributed by atoms with E-state index in [-0.39, 0.29) is 6.23 Å². The van der Waals surface area contributed by atoms with E-state index in [0.717, 1.165) is 13.1 Å². The molecule has 0 spiro atoms. The molecule has 0 aromatic rings. The van der Waals surface area contributed by atoms with Crippen LogP contribution in [0.2, 0.25) is 0 Å². The zero-order valence-electron chi connectivity index (χ0n) is 4.15. The second-order valence-electron chi connectivity index (χ2n) is 1.67. The van der Waals surface area contributed by atoms with Crippen molar-refractivity contribution in [3.05, 3.63) is 0 Å². The van der Waals surface area contributed by atoms with Crippen LogP contribution in [0.4, 0.5) is 0 Å². The predicted molar refractivity (Wildman–Crippen MR) is 26.9 cm³/mol. The highest BCUT2D eigenvalue weighted by molar-refractivity contribution is 4.64. The fourth-order valence-electron chi connectivity index (χ4n) is 0.638. The average Bonchev–Trinajstić information content (AvgIpc) is 1.69. The Morgan fingerprint density at radius 1 is 1.43 bits per heavy atom. The number of piperazine rings is 1. The van der Waals surface area contributed by atoms with E-state index in [4.69, 9.17) is 5.11 Å². The minimum Gasteiger partial charge on any atom is -0.377 e. The molecule has 0 radical (unpaired) electrons. The van der Waals surface area contributed by atoms with Crippen LogP contribution in [0, 0.1) is 0 Å². The molecule has 1 aliphatic heterocycles. The lowest BCUT2D eigenvalue weighted by atomic mass is 10.4. The summed E-state index contributed by atoms with van der Waals surface area (Å²) < 4.78 is 0. The molecule has 0 unspecified atom stereocenters. The van der Waals surface area contributed by atoms with E-state index >= 15 is 0 Å². The fraction of sp³-hybridized carbons (Fsp3) is 1.00. The quantitative estimate of drug-likeness (QED) is 0.349. The van der Waals surface area contributed by atoms with Gasteiger partial charge in [0.25, 0.3) is 0 Å². The number of nitrogens with one attached hydrogen (secondary N) is 2. The summed E-state index contributed by atoms with van der Waals surface area (Å²) in [7, 11) is 0. The van der Waals surface area contributed by atoms with Crippen LogP contribution in [0.5, 0.6) is 0 Å². The Balaban J connectivity index is 2.12. The maximum atomic E-state index is 8.74. The highest BCUT2D eigenvalue weighted by Gasteiger charge is 2.04. The van der Waals surface area contributed by atoms with Gasteiger partial charge in [0.2, 0.25) is 0 Å². The Hall–Kier alpha value is -0.120. The van der Waals surface area contributed by atoms with E-state index in [9.17, 15) is 0 Å². The van der Waals surface area contributed by atoms with Gasteiger partial charge in [-0.3, -0.25) is 5.32 Å². The highest BCUT2D eigenvalue weighted by Crippen LogP contribution is 1.77. The van der Waals surface area contributed by atoms with Crippen LogP contribution in [0.25, 0.3) is 0 Å². The number of aliphatic hydroxyl groups excluding tert-OH is 1. The SMILES string of the molecule is O[C@@H]1CNCCN1. The van der Waals surface area contributed by atoms with Crippen molar-refractivity contribution in [2.45, 2.75) is 6.23 Å². The van der Waals surface area contributed by atoms with Gasteiger partial charge in [0, 0.05) is 19.6 Å². The lowest BCUT2D eigenvalue weighted by Gasteiger charge is -2.18. The Bertz CT molecular complexity index is 51.7. The second kappa shape index (κ2) is 2.26. The van der Waals surface area contributed by atoms with Crippen molar-refractivity contribution < 1.29 is 5.11 Å². The predicted octanol–water partition coefficient (Wildman–Crippen LogP) is -1.50. The van der Waals surface area contributed by atoms with Gasteiger partial charge >= 0.3 is 0 Å². The first-order chi connectivity index (χ1) is 3.39. The van der Waals surface area contributed by atoms with Gasteiger partial charge in [-0.1, -0.05) is 0 Å². The van der Waals surface area contributed by atoms with E-state index < -0.39 is 0 Å². The molecule has 0 aromatic heterocycles. The summed E-state index contributed by atoms with van der Waals surface area (Å²) in [4.78, 5) is 0. The Labute approximate surface area is 42.7 Å². The van der Waals surface area contributed by atoms with Crippen LogP contribution in [0.3, 0.4) is 0 Å². The largest absolute Gasteiger partial charge is 0.377 e. The molecule has 3 heteroatoms. The van der Waals surface area contributed by atoms with E-state index in [1.54, 1.807) is 0 Å². The summed E-state index contributed by atoms with van der Waals surface area (Å²) in [5.74, 6) is 0. The van der Waals surface area contributed by atoms with E-state index in [1.807, 2.05) is 0 Å². The molecule has 3 nitrogen and oxygen atoms in total. The fourth-order valence-corrected chi connectivity index (χ4v) is 0.638. The molecule has 42 valence electrons. The molecule has 3 N–H and O–H groups in total. The molecule has 0 aromatic carbocycles. The molecule has 1 saturated heterocycles. The molecular weight excluding hydrogens is 92.1 g/mol. The zero-order valence-corrected chi connectivity index (χ0v) is 4.15. The summed E-state index contributed by atoms with van der Waals surface area (Å²) in [6.45, 7) is 2.53. The first-order valence-corrected chi connectivity index (χ1v) is 2.52. The van der Waals surface area contributed by atoms with Crippen molar-refractivity contribution in [2.75, 3.05) is 19.6 Å². The van der Waals surface area contributed by atoms with Gasteiger partial charge in [0.05, 0.1) is 0 Å². The first kappa shape index (κ1) is 5.03. The lowest BCUT2D eigenvalue weighted by Crippen LogP contribution is -2.47. The number of rotatable bonds is 0. The average molecular weight is 102 g/mol. The summed E-state index contributed by atoms with van der Waals surface area (Å²) in [6, 6.07) is 0. The topological polar surface area (TPSA) is 44.3 Å². The molecule has 1 aliphatic rings. The van der Waals surface area contributed by atoms with Crippen LogP contribution in [-0.2, 0) is 0 Å². The van der Waals surface area contributed by atoms with Gasteiger partial charge in [0.1, 0.15) is 6.23 Å². The maximum Gasteiger partial charge on any atom is 0.117 e. The molecular formula is C4H10N2O.